The van der Waals surface area contributed by atoms with Crippen molar-refractivity contribution in [3.05, 3.63) is 49.2 Å². The van der Waals surface area contributed by atoms with Crippen LogP contribution in [0.25, 0.3) is 0 Å². The molecule has 4 rings (SSSR count). The molecule has 9 heteroatoms. The number of hydrogen-bond acceptors (Lipinski definition) is 7. The third-order valence-electron chi connectivity index (χ3n) is 7.31. The highest BCUT2D eigenvalue weighted by molar-refractivity contribution is 7.96. The third kappa shape index (κ3) is 5.63. The molecule has 192 valence electrons. The number of amides is 1. The summed E-state index contributed by atoms with van der Waals surface area (Å²) in [6, 6.07) is 2.39. The number of aryl methyl sites for hydroxylation is 2. The highest BCUT2D eigenvalue weighted by Crippen LogP contribution is 2.44. The van der Waals surface area contributed by atoms with E-state index in [1.165, 1.54) is 9.88 Å². The van der Waals surface area contributed by atoms with E-state index in [9.17, 15) is 9.59 Å². The number of aromatic amines is 1. The van der Waals surface area contributed by atoms with Gasteiger partial charge in [-0.05, 0) is 70.4 Å². The summed E-state index contributed by atoms with van der Waals surface area (Å²) in [6.45, 7) is 12.8. The molecule has 1 unspecified atom stereocenters. The standard InChI is InChI=1S/C26H38N4O3S2/c1-6-30(20-8-11-33-12-9-20)26-18(4)22(23(35-26)19-7-10-29(15-19)34-5)25(32)27-14-21-16(2)13-17(3)28-24(21)31/h13,19-20H,6-12,14-15H2,1-5H3,(H,27,32)(H,28,31). The number of anilines is 1. The summed E-state index contributed by atoms with van der Waals surface area (Å²) < 4.78 is 7.99. The molecule has 0 aromatic carbocycles. The van der Waals surface area contributed by atoms with Crippen LogP contribution in [0.4, 0.5) is 5.00 Å². The number of hydrogen-bond donors (Lipinski definition) is 2. The number of nitrogens with one attached hydrogen (secondary N) is 2. The van der Waals surface area contributed by atoms with Crippen molar-refractivity contribution in [3.63, 3.8) is 0 Å². The summed E-state index contributed by atoms with van der Waals surface area (Å²) in [5, 5.41) is 4.30. The minimum atomic E-state index is -0.131. The fraction of sp³-hybridized carbons (Fsp3) is 0.615. The number of carbonyl (C=O) groups is 1. The van der Waals surface area contributed by atoms with Crippen LogP contribution in [0.2, 0.25) is 0 Å². The van der Waals surface area contributed by atoms with Crippen LogP contribution in [0, 0.1) is 20.8 Å². The molecular weight excluding hydrogens is 480 g/mol. The number of pyridine rings is 1. The molecule has 2 fully saturated rings. The van der Waals surface area contributed by atoms with Gasteiger partial charge >= 0.3 is 0 Å². The van der Waals surface area contributed by atoms with Gasteiger partial charge < -0.3 is 19.9 Å². The average Bonchev–Trinajstić information content (AvgIpc) is 3.44. The van der Waals surface area contributed by atoms with Gasteiger partial charge in [-0.25, -0.2) is 0 Å². The molecule has 2 aromatic rings. The molecule has 2 aliphatic rings. The van der Waals surface area contributed by atoms with Crippen LogP contribution in [0.15, 0.2) is 10.9 Å². The quantitative estimate of drug-likeness (QED) is 0.506. The number of thiophene rings is 1. The van der Waals surface area contributed by atoms with E-state index in [0.29, 0.717) is 17.5 Å². The smallest absolute Gasteiger partial charge is 0.253 e. The second-order valence-electron chi connectivity index (χ2n) is 9.58. The maximum atomic E-state index is 13.7. The topological polar surface area (TPSA) is 77.7 Å². The molecule has 7 nitrogen and oxygen atoms in total. The predicted octanol–water partition coefficient (Wildman–Crippen LogP) is 4.36. The fourth-order valence-corrected chi connectivity index (χ4v) is 7.58. The predicted molar refractivity (Wildman–Crippen MR) is 146 cm³/mol. The maximum absolute atomic E-state index is 13.7. The first-order valence-electron chi connectivity index (χ1n) is 12.6. The number of H-pyrrole nitrogens is 1. The summed E-state index contributed by atoms with van der Waals surface area (Å²) in [7, 11) is 0. The van der Waals surface area contributed by atoms with Crippen LogP contribution in [-0.2, 0) is 11.3 Å². The highest BCUT2D eigenvalue weighted by atomic mass is 32.2. The summed E-state index contributed by atoms with van der Waals surface area (Å²) in [5.74, 6) is 0.267. The monoisotopic (exact) mass is 518 g/mol. The molecule has 0 radical (unpaired) electrons. The van der Waals surface area contributed by atoms with Crippen molar-refractivity contribution >= 4 is 34.2 Å². The van der Waals surface area contributed by atoms with Crippen molar-refractivity contribution in [1.82, 2.24) is 14.6 Å². The molecule has 0 spiro atoms. The Hall–Kier alpha value is -1.81. The molecular formula is C26H38N4O3S2. The molecule has 0 aliphatic carbocycles. The molecule has 2 aliphatic heterocycles. The van der Waals surface area contributed by atoms with Gasteiger partial charge in [0.1, 0.15) is 0 Å². The summed E-state index contributed by atoms with van der Waals surface area (Å²) >= 11 is 3.58. The van der Waals surface area contributed by atoms with E-state index in [1.807, 2.05) is 19.9 Å². The van der Waals surface area contributed by atoms with Crippen LogP contribution < -0.4 is 15.8 Å². The van der Waals surface area contributed by atoms with Gasteiger partial charge in [0, 0.05) is 67.5 Å². The first-order valence-corrected chi connectivity index (χ1v) is 14.6. The van der Waals surface area contributed by atoms with E-state index < -0.39 is 0 Å². The first-order chi connectivity index (χ1) is 16.8. The SMILES string of the molecule is CCN(c1sc(C2CCN(SC)C2)c(C(=O)NCc2c(C)cc(C)[nH]c2=O)c1C)C1CCOCC1. The van der Waals surface area contributed by atoms with Crippen molar-refractivity contribution in [2.45, 2.75) is 65.5 Å². The molecule has 1 amide bonds. The Morgan fingerprint density at radius 1 is 1.29 bits per heavy atom. The van der Waals surface area contributed by atoms with Crippen molar-refractivity contribution in [2.24, 2.45) is 0 Å². The first kappa shape index (κ1) is 26.3. The molecule has 1 atom stereocenters. The van der Waals surface area contributed by atoms with Crippen molar-refractivity contribution in [2.75, 3.05) is 44.0 Å². The van der Waals surface area contributed by atoms with Gasteiger partial charge in [-0.15, -0.1) is 11.3 Å². The van der Waals surface area contributed by atoms with Crippen molar-refractivity contribution in [3.8, 4) is 0 Å². The number of aromatic nitrogens is 1. The Balaban J connectivity index is 1.66. The van der Waals surface area contributed by atoms with E-state index in [1.54, 1.807) is 23.3 Å². The number of carbonyl (C=O) groups excluding carboxylic acids is 1. The van der Waals surface area contributed by atoms with Gasteiger partial charge in [0.15, 0.2) is 0 Å². The normalized spacial score (nSPS) is 19.3. The summed E-state index contributed by atoms with van der Waals surface area (Å²) in [5.41, 5.74) is 4.09. The van der Waals surface area contributed by atoms with Crippen LogP contribution in [-0.4, -0.2) is 60.3 Å². The van der Waals surface area contributed by atoms with Gasteiger partial charge in [-0.1, -0.05) is 11.9 Å². The fourth-order valence-electron chi connectivity index (χ4n) is 5.40. The van der Waals surface area contributed by atoms with Crippen LogP contribution in [0.5, 0.6) is 0 Å². The summed E-state index contributed by atoms with van der Waals surface area (Å²) in [6.07, 6.45) is 5.20. The lowest BCUT2D eigenvalue weighted by Crippen LogP contribution is -2.39. The Labute approximate surface area is 216 Å². The number of rotatable bonds is 8. The van der Waals surface area contributed by atoms with Gasteiger partial charge in [0.05, 0.1) is 10.6 Å². The minimum absolute atomic E-state index is 0.0787. The number of nitrogens with zero attached hydrogens (tertiary/aromatic N) is 2. The minimum Gasteiger partial charge on any atom is -0.381 e. The van der Waals surface area contributed by atoms with Crippen molar-refractivity contribution < 1.29 is 9.53 Å². The average molecular weight is 519 g/mol. The van der Waals surface area contributed by atoms with Crippen LogP contribution in [0.3, 0.4) is 0 Å². The Morgan fingerprint density at radius 2 is 2.03 bits per heavy atom. The third-order valence-corrected chi connectivity index (χ3v) is 9.65. The second kappa shape index (κ2) is 11.5. The molecule has 2 saturated heterocycles. The van der Waals surface area contributed by atoms with Crippen LogP contribution in [0.1, 0.15) is 69.7 Å². The number of ether oxygens (including phenoxy) is 1. The van der Waals surface area contributed by atoms with E-state index in [4.69, 9.17) is 4.74 Å². The molecule has 2 aromatic heterocycles. The maximum Gasteiger partial charge on any atom is 0.253 e. The van der Waals surface area contributed by atoms with Crippen molar-refractivity contribution in [1.29, 1.82) is 0 Å². The van der Waals surface area contributed by atoms with Crippen LogP contribution >= 0.6 is 23.3 Å². The molecule has 4 heterocycles. The Morgan fingerprint density at radius 3 is 2.66 bits per heavy atom. The largest absolute Gasteiger partial charge is 0.381 e. The van der Waals surface area contributed by atoms with E-state index in [-0.39, 0.29) is 18.0 Å². The van der Waals surface area contributed by atoms with Gasteiger partial charge in [-0.2, -0.15) is 0 Å². The van der Waals surface area contributed by atoms with Gasteiger partial charge in [-0.3, -0.25) is 13.9 Å². The van der Waals surface area contributed by atoms with E-state index in [2.05, 4.69) is 39.6 Å². The molecule has 2 N–H and O–H groups in total. The zero-order valence-corrected chi connectivity index (χ0v) is 23.2. The second-order valence-corrected chi connectivity index (χ2v) is 11.5. The Bertz CT molecular complexity index is 1110. The molecule has 0 saturated carbocycles. The van der Waals surface area contributed by atoms with E-state index in [0.717, 1.165) is 74.5 Å². The van der Waals surface area contributed by atoms with E-state index >= 15 is 0 Å². The lowest BCUT2D eigenvalue weighted by atomic mass is 9.99. The summed E-state index contributed by atoms with van der Waals surface area (Å²) in [4.78, 5) is 32.7. The molecule has 35 heavy (non-hydrogen) atoms. The zero-order chi connectivity index (χ0) is 25.1. The molecule has 0 bridgehead atoms. The highest BCUT2D eigenvalue weighted by Gasteiger charge is 2.33. The lowest BCUT2D eigenvalue weighted by molar-refractivity contribution is 0.0847. The van der Waals surface area contributed by atoms with Gasteiger partial charge in [0.25, 0.3) is 11.5 Å². The Kier molecular flexibility index (Phi) is 8.63. The zero-order valence-electron chi connectivity index (χ0n) is 21.5. The lowest BCUT2D eigenvalue weighted by Gasteiger charge is -2.35. The van der Waals surface area contributed by atoms with Gasteiger partial charge in [0.2, 0.25) is 0 Å².